The van der Waals surface area contributed by atoms with Gasteiger partial charge in [0, 0.05) is 18.3 Å². The van der Waals surface area contributed by atoms with E-state index in [1.807, 2.05) is 37.3 Å². The summed E-state index contributed by atoms with van der Waals surface area (Å²) >= 11 is 0. The van der Waals surface area contributed by atoms with E-state index in [9.17, 15) is 13.2 Å². The first-order chi connectivity index (χ1) is 16.5. The highest BCUT2D eigenvalue weighted by atomic mass is 32.2. The van der Waals surface area contributed by atoms with Crippen molar-refractivity contribution in [3.8, 4) is 17.2 Å². The first-order valence-electron chi connectivity index (χ1n) is 10.9. The first-order valence-corrected chi connectivity index (χ1v) is 12.4. The number of fused-ring (bicyclic) bond motifs is 1. The van der Waals surface area contributed by atoms with Crippen molar-refractivity contribution in [2.75, 3.05) is 31.7 Å². The number of rotatable bonds is 9. The monoisotopic (exact) mass is 482 g/mol. The molecular formula is C25H26N2O6S. The molecule has 178 valence electrons. The summed E-state index contributed by atoms with van der Waals surface area (Å²) in [6, 6.07) is 20.4. The molecule has 34 heavy (non-hydrogen) atoms. The van der Waals surface area contributed by atoms with Crippen LogP contribution < -0.4 is 19.5 Å². The van der Waals surface area contributed by atoms with E-state index in [-0.39, 0.29) is 18.0 Å². The lowest BCUT2D eigenvalue weighted by Crippen LogP contribution is -2.37. The van der Waals surface area contributed by atoms with Crippen LogP contribution in [0.15, 0.2) is 77.7 Å². The SMILES string of the molecule is CCOc1ccc(S(=O)(=O)N(CC(=O)Nc2ccc3c(c2)OCCO3)Cc2ccccc2)cc1. The highest BCUT2D eigenvalue weighted by Gasteiger charge is 2.27. The van der Waals surface area contributed by atoms with Crippen molar-refractivity contribution in [2.24, 2.45) is 0 Å². The second-order valence-electron chi connectivity index (χ2n) is 7.57. The zero-order valence-electron chi connectivity index (χ0n) is 18.8. The maximum Gasteiger partial charge on any atom is 0.243 e. The van der Waals surface area contributed by atoms with E-state index >= 15 is 0 Å². The molecule has 8 nitrogen and oxygen atoms in total. The minimum absolute atomic E-state index is 0.0466. The van der Waals surface area contributed by atoms with E-state index in [1.165, 1.54) is 12.1 Å². The van der Waals surface area contributed by atoms with Crippen LogP contribution in [-0.4, -0.2) is 45.0 Å². The van der Waals surface area contributed by atoms with Gasteiger partial charge in [-0.15, -0.1) is 0 Å². The third-order valence-corrected chi connectivity index (χ3v) is 6.93. The van der Waals surface area contributed by atoms with Gasteiger partial charge < -0.3 is 19.5 Å². The maximum absolute atomic E-state index is 13.5. The zero-order valence-corrected chi connectivity index (χ0v) is 19.6. The fourth-order valence-electron chi connectivity index (χ4n) is 3.52. The molecule has 1 aliphatic rings. The number of ether oxygens (including phenoxy) is 3. The minimum Gasteiger partial charge on any atom is -0.494 e. The zero-order chi connectivity index (χ0) is 24.0. The van der Waals surface area contributed by atoms with Crippen LogP contribution in [0, 0.1) is 0 Å². The number of nitrogens with one attached hydrogen (secondary N) is 1. The van der Waals surface area contributed by atoms with Gasteiger partial charge in [0.25, 0.3) is 0 Å². The molecule has 0 bridgehead atoms. The average molecular weight is 483 g/mol. The lowest BCUT2D eigenvalue weighted by atomic mass is 10.2. The van der Waals surface area contributed by atoms with Gasteiger partial charge in [-0.1, -0.05) is 30.3 Å². The van der Waals surface area contributed by atoms with Gasteiger partial charge in [0.05, 0.1) is 18.0 Å². The number of amides is 1. The van der Waals surface area contributed by atoms with Crippen molar-refractivity contribution in [1.82, 2.24) is 4.31 Å². The standard InChI is InChI=1S/C25H26N2O6S/c1-2-31-21-9-11-22(12-10-21)34(29,30)27(17-19-6-4-3-5-7-19)18-25(28)26-20-8-13-23-24(16-20)33-15-14-32-23/h3-13,16H,2,14-15,17-18H2,1H3,(H,26,28). The molecule has 0 spiro atoms. The Labute approximate surface area is 199 Å². The van der Waals surface area contributed by atoms with Crippen LogP contribution in [-0.2, 0) is 21.4 Å². The third-order valence-electron chi connectivity index (χ3n) is 5.12. The summed E-state index contributed by atoms with van der Waals surface area (Å²) < 4.78 is 44.5. The largest absolute Gasteiger partial charge is 0.494 e. The van der Waals surface area contributed by atoms with Crippen LogP contribution in [0.25, 0.3) is 0 Å². The van der Waals surface area contributed by atoms with Crippen LogP contribution >= 0.6 is 0 Å². The Morgan fingerprint density at radius 1 is 0.971 bits per heavy atom. The van der Waals surface area contributed by atoms with E-state index in [2.05, 4.69) is 5.32 Å². The molecule has 1 heterocycles. The molecule has 9 heteroatoms. The van der Waals surface area contributed by atoms with Gasteiger partial charge >= 0.3 is 0 Å². The molecule has 4 rings (SSSR count). The molecule has 0 saturated heterocycles. The predicted molar refractivity (Wildman–Crippen MR) is 128 cm³/mol. The highest BCUT2D eigenvalue weighted by molar-refractivity contribution is 7.89. The Bertz CT molecular complexity index is 1230. The molecule has 0 radical (unpaired) electrons. The molecule has 3 aromatic carbocycles. The summed E-state index contributed by atoms with van der Waals surface area (Å²) in [5, 5.41) is 2.76. The van der Waals surface area contributed by atoms with Gasteiger partial charge in [0.15, 0.2) is 11.5 Å². The van der Waals surface area contributed by atoms with Crippen LogP contribution in [0.1, 0.15) is 12.5 Å². The van der Waals surface area contributed by atoms with Crippen molar-refractivity contribution in [1.29, 1.82) is 0 Å². The van der Waals surface area contributed by atoms with Gasteiger partial charge in [-0.05, 0) is 48.9 Å². The van der Waals surface area contributed by atoms with E-state index in [4.69, 9.17) is 14.2 Å². The minimum atomic E-state index is -3.96. The molecule has 1 amide bonds. The number of hydrogen-bond donors (Lipinski definition) is 1. The van der Waals surface area contributed by atoms with Gasteiger partial charge in [-0.25, -0.2) is 8.42 Å². The lowest BCUT2D eigenvalue weighted by Gasteiger charge is -2.23. The van der Waals surface area contributed by atoms with E-state index in [1.54, 1.807) is 30.3 Å². The number of nitrogens with zero attached hydrogens (tertiary/aromatic N) is 1. The highest BCUT2D eigenvalue weighted by Crippen LogP contribution is 2.32. The quantitative estimate of drug-likeness (QED) is 0.500. The van der Waals surface area contributed by atoms with E-state index in [0.717, 1.165) is 9.87 Å². The van der Waals surface area contributed by atoms with Crippen LogP contribution in [0.2, 0.25) is 0 Å². The van der Waals surface area contributed by atoms with Crippen molar-refractivity contribution < 1.29 is 27.4 Å². The topological polar surface area (TPSA) is 94.2 Å². The van der Waals surface area contributed by atoms with Gasteiger partial charge in [-0.2, -0.15) is 4.31 Å². The van der Waals surface area contributed by atoms with E-state index in [0.29, 0.717) is 42.8 Å². The second-order valence-corrected chi connectivity index (χ2v) is 9.51. The van der Waals surface area contributed by atoms with Crippen molar-refractivity contribution >= 4 is 21.6 Å². The Kier molecular flexibility index (Phi) is 7.34. The summed E-state index contributed by atoms with van der Waals surface area (Å²) in [6.07, 6.45) is 0. The van der Waals surface area contributed by atoms with E-state index < -0.39 is 15.9 Å². The normalized spacial score (nSPS) is 12.9. The Morgan fingerprint density at radius 3 is 2.38 bits per heavy atom. The molecule has 0 unspecified atom stereocenters. The number of carbonyl (C=O) groups is 1. The number of benzene rings is 3. The average Bonchev–Trinajstić information content (AvgIpc) is 2.85. The molecule has 1 N–H and O–H groups in total. The summed E-state index contributed by atoms with van der Waals surface area (Å²) in [5.74, 6) is 1.25. The summed E-state index contributed by atoms with van der Waals surface area (Å²) in [5.41, 5.74) is 1.26. The lowest BCUT2D eigenvalue weighted by molar-refractivity contribution is -0.116. The molecule has 1 aliphatic heterocycles. The second kappa shape index (κ2) is 10.6. The van der Waals surface area contributed by atoms with Crippen molar-refractivity contribution in [2.45, 2.75) is 18.4 Å². The molecule has 0 saturated carbocycles. The molecule has 0 aliphatic carbocycles. The smallest absolute Gasteiger partial charge is 0.243 e. The van der Waals surface area contributed by atoms with Crippen LogP contribution in [0.3, 0.4) is 0 Å². The van der Waals surface area contributed by atoms with Gasteiger partial charge in [0.1, 0.15) is 19.0 Å². The fraction of sp³-hybridized carbons (Fsp3) is 0.240. The maximum atomic E-state index is 13.5. The Hall–Kier alpha value is -3.56. The van der Waals surface area contributed by atoms with Crippen molar-refractivity contribution in [3.63, 3.8) is 0 Å². The summed E-state index contributed by atoms with van der Waals surface area (Å²) in [4.78, 5) is 13.0. The van der Waals surface area contributed by atoms with Crippen LogP contribution in [0.4, 0.5) is 5.69 Å². The molecule has 0 aromatic heterocycles. The molecule has 3 aromatic rings. The van der Waals surface area contributed by atoms with Crippen LogP contribution in [0.5, 0.6) is 17.2 Å². The molecule has 0 atom stereocenters. The molecular weight excluding hydrogens is 456 g/mol. The number of hydrogen-bond acceptors (Lipinski definition) is 6. The Balaban J connectivity index is 1.55. The number of sulfonamides is 1. The van der Waals surface area contributed by atoms with Gasteiger partial charge in [0.2, 0.25) is 15.9 Å². The van der Waals surface area contributed by atoms with Crippen molar-refractivity contribution in [3.05, 3.63) is 78.4 Å². The summed E-state index contributed by atoms with van der Waals surface area (Å²) in [7, 11) is -3.96. The first kappa shape index (κ1) is 23.6. The fourth-order valence-corrected chi connectivity index (χ4v) is 4.90. The Morgan fingerprint density at radius 2 is 1.68 bits per heavy atom. The molecule has 0 fully saturated rings. The number of anilines is 1. The third kappa shape index (κ3) is 5.67. The number of carbonyl (C=O) groups excluding carboxylic acids is 1. The summed E-state index contributed by atoms with van der Waals surface area (Å²) in [6.45, 7) is 2.91. The van der Waals surface area contributed by atoms with Gasteiger partial charge in [-0.3, -0.25) is 4.79 Å². The predicted octanol–water partition coefficient (Wildman–Crippen LogP) is 3.69.